The third kappa shape index (κ3) is 2.05. The van der Waals surface area contributed by atoms with E-state index >= 15 is 0 Å². The average molecular weight is 282 g/mol. The molecule has 3 heteroatoms. The van der Waals surface area contributed by atoms with Crippen molar-refractivity contribution in [3.63, 3.8) is 0 Å². The molecule has 2 heterocycles. The molecule has 2 unspecified atom stereocenters. The molecule has 0 spiro atoms. The van der Waals surface area contributed by atoms with Gasteiger partial charge in [0.2, 0.25) is 5.91 Å². The summed E-state index contributed by atoms with van der Waals surface area (Å²) in [5, 5.41) is 3.43. The van der Waals surface area contributed by atoms with Crippen LogP contribution in [0, 0.1) is 0 Å². The Morgan fingerprint density at radius 1 is 1.24 bits per heavy atom. The van der Waals surface area contributed by atoms with Gasteiger partial charge in [-0.1, -0.05) is 49.6 Å². The van der Waals surface area contributed by atoms with Crippen LogP contribution in [0.1, 0.15) is 20.3 Å². The molecule has 0 aliphatic carbocycles. The highest BCUT2D eigenvalue weighted by Gasteiger charge is 2.56. The fourth-order valence-corrected chi connectivity index (χ4v) is 3.51. The Morgan fingerprint density at radius 3 is 2.38 bits per heavy atom. The number of hydrogen-bond acceptors (Lipinski definition) is 2. The second kappa shape index (κ2) is 5.70. The van der Waals surface area contributed by atoms with Crippen LogP contribution in [0.5, 0.6) is 0 Å². The first-order valence-electron chi connectivity index (χ1n) is 7.12. The minimum atomic E-state index is -0.970. The summed E-state index contributed by atoms with van der Waals surface area (Å²) in [5.74, 6) is -0.389. The van der Waals surface area contributed by atoms with E-state index in [0.29, 0.717) is 0 Å². The molecule has 0 aromatic carbocycles. The first-order chi connectivity index (χ1) is 10.1. The molecule has 2 bridgehead atoms. The van der Waals surface area contributed by atoms with Gasteiger partial charge in [0.25, 0.3) is 0 Å². The van der Waals surface area contributed by atoms with Crippen molar-refractivity contribution in [3.05, 3.63) is 71.9 Å². The van der Waals surface area contributed by atoms with Crippen LogP contribution in [-0.2, 0) is 4.79 Å². The first kappa shape index (κ1) is 15.3. The summed E-state index contributed by atoms with van der Waals surface area (Å²) in [7, 11) is 0. The van der Waals surface area contributed by atoms with Crippen LogP contribution in [-0.4, -0.2) is 17.5 Å². The number of carbonyl (C=O) groups is 1. The van der Waals surface area contributed by atoms with Crippen molar-refractivity contribution < 1.29 is 4.79 Å². The molecule has 0 aromatic rings. The third-order valence-corrected chi connectivity index (χ3v) is 4.23. The normalized spacial score (nSPS) is 35.6. The zero-order valence-electron chi connectivity index (χ0n) is 12.6. The fourth-order valence-electron chi connectivity index (χ4n) is 3.51. The Labute approximate surface area is 126 Å². The van der Waals surface area contributed by atoms with Gasteiger partial charge in [0.1, 0.15) is 5.54 Å². The molecule has 2 rings (SSSR count). The van der Waals surface area contributed by atoms with Gasteiger partial charge in [0.15, 0.2) is 0 Å². The van der Waals surface area contributed by atoms with E-state index in [4.69, 9.17) is 5.73 Å². The van der Waals surface area contributed by atoms with Crippen LogP contribution in [0.3, 0.4) is 0 Å². The van der Waals surface area contributed by atoms with Crippen LogP contribution in [0.4, 0.5) is 0 Å². The minimum absolute atomic E-state index is 0.0867. The Kier molecular flexibility index (Phi) is 4.14. The fraction of sp³-hybridized carbons (Fsp3) is 0.278. The third-order valence-electron chi connectivity index (χ3n) is 4.23. The molecule has 110 valence electrons. The van der Waals surface area contributed by atoms with E-state index in [-0.39, 0.29) is 11.9 Å². The minimum Gasteiger partial charge on any atom is -0.367 e. The van der Waals surface area contributed by atoms with Crippen LogP contribution in [0.25, 0.3) is 0 Å². The van der Waals surface area contributed by atoms with Crippen LogP contribution < -0.4 is 11.1 Å². The van der Waals surface area contributed by atoms with Crippen molar-refractivity contribution in [1.29, 1.82) is 0 Å². The number of nitrogens with one attached hydrogen (secondary N) is 1. The number of amides is 1. The highest BCUT2D eigenvalue weighted by molar-refractivity contribution is 5.98. The Bertz CT molecular complexity index is 619. The molecule has 3 N–H and O–H groups in total. The second-order valence-electron chi connectivity index (χ2n) is 5.21. The van der Waals surface area contributed by atoms with Crippen LogP contribution >= 0.6 is 0 Å². The van der Waals surface area contributed by atoms with E-state index in [9.17, 15) is 4.79 Å². The zero-order valence-corrected chi connectivity index (χ0v) is 12.6. The van der Waals surface area contributed by atoms with Gasteiger partial charge >= 0.3 is 0 Å². The summed E-state index contributed by atoms with van der Waals surface area (Å²) in [6.07, 6.45) is 12.1. The van der Waals surface area contributed by atoms with E-state index < -0.39 is 5.54 Å². The first-order valence-corrected chi connectivity index (χ1v) is 7.12. The summed E-state index contributed by atoms with van der Waals surface area (Å²) in [4.78, 5) is 12.4. The molecule has 2 atom stereocenters. The molecular weight excluding hydrogens is 260 g/mol. The molecule has 1 amide bonds. The van der Waals surface area contributed by atoms with Gasteiger partial charge in [-0.25, -0.2) is 0 Å². The van der Waals surface area contributed by atoms with Crippen molar-refractivity contribution in [1.82, 2.24) is 5.32 Å². The lowest BCUT2D eigenvalue weighted by atomic mass is 9.77. The predicted molar refractivity (Wildman–Crippen MR) is 87.5 cm³/mol. The van der Waals surface area contributed by atoms with E-state index in [1.807, 2.05) is 38.2 Å². The molecule has 2 aliphatic heterocycles. The molecule has 2 saturated heterocycles. The maximum Gasteiger partial charge on any atom is 0.247 e. The number of nitrogens with two attached hydrogens (primary N) is 1. The number of rotatable bonds is 3. The number of hydrogen-bond donors (Lipinski definition) is 2. The molecular formula is C18H22N2O. The monoisotopic (exact) mass is 282 g/mol. The summed E-state index contributed by atoms with van der Waals surface area (Å²) in [6.45, 7) is 11.5. The largest absolute Gasteiger partial charge is 0.367 e. The number of fused-ring (bicyclic) bond motifs is 2. The lowest BCUT2D eigenvalue weighted by molar-refractivity contribution is -0.121. The van der Waals surface area contributed by atoms with Crippen molar-refractivity contribution in [2.75, 3.05) is 0 Å². The highest BCUT2D eigenvalue weighted by Crippen LogP contribution is 2.48. The summed E-state index contributed by atoms with van der Waals surface area (Å²) < 4.78 is 0. The number of carbonyl (C=O) groups excluding carboxylic acids is 1. The molecule has 0 aromatic heterocycles. The van der Waals surface area contributed by atoms with Crippen LogP contribution in [0.2, 0.25) is 0 Å². The van der Waals surface area contributed by atoms with Gasteiger partial charge in [-0.15, -0.1) is 0 Å². The maximum atomic E-state index is 12.4. The highest BCUT2D eigenvalue weighted by atomic mass is 16.1. The zero-order chi connectivity index (χ0) is 15.6. The van der Waals surface area contributed by atoms with Crippen molar-refractivity contribution in [2.24, 2.45) is 5.73 Å². The van der Waals surface area contributed by atoms with E-state index in [1.165, 1.54) is 0 Å². The number of primary amides is 1. The van der Waals surface area contributed by atoms with E-state index in [1.54, 1.807) is 12.2 Å². The molecule has 21 heavy (non-hydrogen) atoms. The van der Waals surface area contributed by atoms with Crippen molar-refractivity contribution >= 4 is 5.91 Å². The van der Waals surface area contributed by atoms with Gasteiger partial charge < -0.3 is 5.73 Å². The summed E-state index contributed by atoms with van der Waals surface area (Å²) in [6, 6.07) is 0.0867. The SMILES string of the molecule is C=C/C=C1/CC2NC(C(N)=O)(/C1=C/C)C(=C/C=C)/C2=C\C. The van der Waals surface area contributed by atoms with Gasteiger partial charge in [0, 0.05) is 6.04 Å². The lowest BCUT2D eigenvalue weighted by Gasteiger charge is -2.36. The molecule has 2 fully saturated rings. The Balaban J connectivity index is 2.80. The maximum absolute atomic E-state index is 12.4. The second-order valence-corrected chi connectivity index (χ2v) is 5.21. The predicted octanol–water partition coefficient (Wildman–Crippen LogP) is 2.70. The van der Waals surface area contributed by atoms with Gasteiger partial charge in [-0.05, 0) is 42.6 Å². The summed E-state index contributed by atoms with van der Waals surface area (Å²) >= 11 is 0. The molecule has 0 radical (unpaired) electrons. The van der Waals surface area contributed by atoms with Crippen molar-refractivity contribution in [2.45, 2.75) is 31.8 Å². The number of piperidine rings is 1. The van der Waals surface area contributed by atoms with Gasteiger partial charge in [0.05, 0.1) is 0 Å². The van der Waals surface area contributed by atoms with E-state index in [0.717, 1.165) is 28.7 Å². The average Bonchev–Trinajstić information content (AvgIpc) is 2.71. The topological polar surface area (TPSA) is 55.1 Å². The molecule has 0 saturated carbocycles. The Hall–Kier alpha value is -2.13. The Morgan fingerprint density at radius 2 is 1.90 bits per heavy atom. The van der Waals surface area contributed by atoms with Gasteiger partial charge in [-0.3, -0.25) is 10.1 Å². The van der Waals surface area contributed by atoms with Gasteiger partial charge in [-0.2, -0.15) is 0 Å². The van der Waals surface area contributed by atoms with Crippen molar-refractivity contribution in [3.8, 4) is 0 Å². The standard InChI is InChI=1S/C18H22N2O/c1-5-9-12-11-16-13(7-3)15(10-6-2)18(20-16,17(19)21)14(12)8-4/h5-10,16,20H,1-2,11H2,3-4H3,(H2,19,21)/b12-9-,13-7+,14-8+,15-10+. The van der Waals surface area contributed by atoms with E-state index in [2.05, 4.69) is 18.5 Å². The summed E-state index contributed by atoms with van der Waals surface area (Å²) in [5.41, 5.74) is 8.86. The lowest BCUT2D eigenvalue weighted by Crippen LogP contribution is -2.58. The molecule has 2 aliphatic rings. The molecule has 3 nitrogen and oxygen atoms in total. The smallest absolute Gasteiger partial charge is 0.247 e. The quantitative estimate of drug-likeness (QED) is 0.836. The van der Waals surface area contributed by atoms with Crippen LogP contribution in [0.15, 0.2) is 71.9 Å². The number of allylic oxidation sites excluding steroid dienone is 6.